The van der Waals surface area contributed by atoms with Crippen LogP contribution >= 0.6 is 11.6 Å². The van der Waals surface area contributed by atoms with Crippen molar-refractivity contribution >= 4 is 52.0 Å². The molecule has 2 radical (unpaired) electrons. The van der Waals surface area contributed by atoms with E-state index in [0.29, 0.717) is 43.6 Å². The lowest BCUT2D eigenvalue weighted by Gasteiger charge is -2.31. The van der Waals surface area contributed by atoms with Gasteiger partial charge in [0.05, 0.1) is 5.69 Å². The Kier molecular flexibility index (Phi) is 6.70. The van der Waals surface area contributed by atoms with Crippen LogP contribution in [0.2, 0.25) is 0 Å². The summed E-state index contributed by atoms with van der Waals surface area (Å²) in [5, 5.41) is 8.56. The van der Waals surface area contributed by atoms with E-state index < -0.39 is 15.8 Å². The summed E-state index contributed by atoms with van der Waals surface area (Å²) in [6, 6.07) is 7.40. The van der Waals surface area contributed by atoms with Crippen LogP contribution in [0.3, 0.4) is 0 Å². The summed E-state index contributed by atoms with van der Waals surface area (Å²) in [4.78, 5) is 4.40. The lowest BCUT2D eigenvalue weighted by Crippen LogP contribution is -2.40. The van der Waals surface area contributed by atoms with Gasteiger partial charge in [-0.3, -0.25) is 0 Å². The van der Waals surface area contributed by atoms with Crippen LogP contribution in [0.1, 0.15) is 31.4 Å². The standard InChI is InChI=1S/C24H24BClFN5O2S/c25-18-15-29-32-23(13-21(30-24(18)32)17-5-1-2-6-19(17)26)28-14-16-9-11-31(12-10-16)35(33,34)22-8-4-3-7-20(22)27/h1,3-5,7-8,13,15-16,28H,2,6,9-12,14H2. The lowest BCUT2D eigenvalue weighted by atomic mass is 9.98. The van der Waals surface area contributed by atoms with Crippen molar-refractivity contribution in [3.05, 3.63) is 65.2 Å². The Hall–Kier alpha value is -2.69. The third kappa shape index (κ3) is 4.74. The summed E-state index contributed by atoms with van der Waals surface area (Å²) in [6.45, 7) is 1.29. The van der Waals surface area contributed by atoms with Gasteiger partial charge < -0.3 is 5.32 Å². The van der Waals surface area contributed by atoms with Gasteiger partial charge in [0.2, 0.25) is 10.0 Å². The van der Waals surface area contributed by atoms with Gasteiger partial charge in [-0.05, 0) is 49.2 Å². The maximum atomic E-state index is 14.1. The molecule has 180 valence electrons. The minimum absolute atomic E-state index is 0.235. The van der Waals surface area contributed by atoms with E-state index in [1.807, 2.05) is 12.1 Å². The van der Waals surface area contributed by atoms with E-state index in [1.54, 1.807) is 10.7 Å². The first-order valence-electron chi connectivity index (χ1n) is 11.5. The third-order valence-corrected chi connectivity index (χ3v) is 8.81. The number of fused-ring (bicyclic) bond motifs is 1. The van der Waals surface area contributed by atoms with Crippen LogP contribution in [0.25, 0.3) is 11.2 Å². The van der Waals surface area contributed by atoms with Crippen molar-refractivity contribution in [1.29, 1.82) is 0 Å². The summed E-state index contributed by atoms with van der Waals surface area (Å²) in [6.07, 6.45) is 8.60. The molecule has 1 saturated heterocycles. The molecule has 0 saturated carbocycles. The molecule has 1 aromatic carbocycles. The zero-order valence-corrected chi connectivity index (χ0v) is 20.6. The molecule has 1 aliphatic heterocycles. The average molecular weight is 512 g/mol. The molecule has 35 heavy (non-hydrogen) atoms. The summed E-state index contributed by atoms with van der Waals surface area (Å²) in [5.41, 5.74) is 2.61. The van der Waals surface area contributed by atoms with Gasteiger partial charge in [0.1, 0.15) is 24.4 Å². The minimum atomic E-state index is -3.85. The zero-order chi connectivity index (χ0) is 24.6. The molecule has 3 aromatic rings. The van der Waals surface area contributed by atoms with E-state index in [-0.39, 0.29) is 10.8 Å². The predicted octanol–water partition coefficient (Wildman–Crippen LogP) is 3.47. The second-order valence-electron chi connectivity index (χ2n) is 8.78. The second-order valence-corrected chi connectivity index (χ2v) is 11.1. The average Bonchev–Trinajstić information content (AvgIpc) is 3.24. The van der Waals surface area contributed by atoms with Gasteiger partial charge in [-0.1, -0.05) is 35.9 Å². The fourth-order valence-electron chi connectivity index (χ4n) is 4.50. The number of aromatic nitrogens is 3. The monoisotopic (exact) mass is 511 g/mol. The number of benzene rings is 1. The van der Waals surface area contributed by atoms with Crippen molar-refractivity contribution in [2.24, 2.45) is 5.92 Å². The van der Waals surface area contributed by atoms with Gasteiger partial charge in [-0.2, -0.15) is 13.9 Å². The van der Waals surface area contributed by atoms with Crippen LogP contribution in [0, 0.1) is 11.7 Å². The Morgan fingerprint density at radius 3 is 2.74 bits per heavy atom. The number of allylic oxidation sites excluding steroid dienone is 4. The summed E-state index contributed by atoms with van der Waals surface area (Å²) in [7, 11) is 2.25. The van der Waals surface area contributed by atoms with Crippen LogP contribution in [-0.2, 0) is 10.0 Å². The van der Waals surface area contributed by atoms with Gasteiger partial charge in [0.15, 0.2) is 5.65 Å². The van der Waals surface area contributed by atoms with Crippen LogP contribution in [0.15, 0.2) is 58.6 Å². The van der Waals surface area contributed by atoms with Gasteiger partial charge in [-0.15, -0.1) is 0 Å². The highest BCUT2D eigenvalue weighted by Crippen LogP contribution is 2.31. The smallest absolute Gasteiger partial charge is 0.245 e. The van der Waals surface area contributed by atoms with Crippen LogP contribution in [-0.4, -0.2) is 54.8 Å². The van der Waals surface area contributed by atoms with Crippen LogP contribution in [0.5, 0.6) is 0 Å². The number of anilines is 1. The number of halogens is 2. The van der Waals surface area contributed by atoms with Gasteiger partial charge >= 0.3 is 0 Å². The lowest BCUT2D eigenvalue weighted by molar-refractivity contribution is 0.281. The van der Waals surface area contributed by atoms with E-state index in [0.717, 1.165) is 35.0 Å². The van der Waals surface area contributed by atoms with E-state index in [9.17, 15) is 12.8 Å². The number of sulfonamides is 1. The van der Waals surface area contributed by atoms with E-state index in [4.69, 9.17) is 19.4 Å². The van der Waals surface area contributed by atoms with Gasteiger partial charge in [0, 0.05) is 42.5 Å². The zero-order valence-electron chi connectivity index (χ0n) is 19.0. The molecule has 7 nitrogen and oxygen atoms in total. The second kappa shape index (κ2) is 9.75. The van der Waals surface area contributed by atoms with Gasteiger partial charge in [-0.25, -0.2) is 17.8 Å². The molecule has 0 unspecified atom stereocenters. The molecule has 0 amide bonds. The fraction of sp³-hybridized carbons (Fsp3) is 0.333. The number of nitrogens with zero attached hydrogens (tertiary/aromatic N) is 4. The molecule has 0 spiro atoms. The molecule has 2 aromatic heterocycles. The Balaban J connectivity index is 1.30. The molecule has 3 heterocycles. The molecular weight excluding hydrogens is 488 g/mol. The molecule has 1 fully saturated rings. The number of hydrogen-bond donors (Lipinski definition) is 1. The maximum absolute atomic E-state index is 14.1. The van der Waals surface area contributed by atoms with Crippen LogP contribution < -0.4 is 10.8 Å². The maximum Gasteiger partial charge on any atom is 0.245 e. The Bertz CT molecular complexity index is 1430. The van der Waals surface area contributed by atoms with Gasteiger partial charge in [0.25, 0.3) is 0 Å². The quantitative estimate of drug-likeness (QED) is 0.513. The van der Waals surface area contributed by atoms with E-state index in [1.165, 1.54) is 28.6 Å². The van der Waals surface area contributed by atoms with E-state index >= 15 is 0 Å². The SMILES string of the molecule is [B]c1cnn2c(NCC3CCN(S(=O)(=O)c4ccccc4F)CC3)cc(C3=C(Cl)CCC=C3)nc12. The first-order valence-corrected chi connectivity index (χ1v) is 13.3. The van der Waals surface area contributed by atoms with Crippen molar-refractivity contribution in [3.63, 3.8) is 0 Å². The largest absolute Gasteiger partial charge is 0.370 e. The molecule has 1 aliphatic carbocycles. The summed E-state index contributed by atoms with van der Waals surface area (Å²) >= 11 is 6.47. The molecule has 0 bridgehead atoms. The molecule has 11 heteroatoms. The van der Waals surface area contributed by atoms with Crippen molar-refractivity contribution in [2.45, 2.75) is 30.6 Å². The van der Waals surface area contributed by atoms with Crippen molar-refractivity contribution < 1.29 is 12.8 Å². The highest BCUT2D eigenvalue weighted by molar-refractivity contribution is 7.89. The number of piperidine rings is 1. The van der Waals surface area contributed by atoms with Crippen molar-refractivity contribution in [1.82, 2.24) is 18.9 Å². The Morgan fingerprint density at radius 1 is 1.23 bits per heavy atom. The normalized spacial score (nSPS) is 17.9. The van der Waals surface area contributed by atoms with Crippen molar-refractivity contribution in [3.8, 4) is 0 Å². The third-order valence-electron chi connectivity index (χ3n) is 6.48. The molecule has 0 atom stereocenters. The summed E-state index contributed by atoms with van der Waals surface area (Å²) in [5.74, 6) is 0.244. The molecule has 1 N–H and O–H groups in total. The number of nitrogens with one attached hydrogen (secondary N) is 1. The number of rotatable bonds is 6. The molecule has 2 aliphatic rings. The Labute approximate surface area is 210 Å². The summed E-state index contributed by atoms with van der Waals surface area (Å²) < 4.78 is 42.9. The van der Waals surface area contributed by atoms with E-state index in [2.05, 4.69) is 21.5 Å². The predicted molar refractivity (Wildman–Crippen MR) is 136 cm³/mol. The first-order chi connectivity index (χ1) is 16.8. The molecule has 5 rings (SSSR count). The van der Waals surface area contributed by atoms with Crippen molar-refractivity contribution in [2.75, 3.05) is 25.0 Å². The fourth-order valence-corrected chi connectivity index (χ4v) is 6.30. The molecular formula is C24H24BClFN5O2S. The highest BCUT2D eigenvalue weighted by atomic mass is 35.5. The Morgan fingerprint density at radius 2 is 2.00 bits per heavy atom. The van der Waals surface area contributed by atoms with Crippen LogP contribution in [0.4, 0.5) is 10.2 Å². The first kappa shape index (κ1) is 24.0. The minimum Gasteiger partial charge on any atom is -0.370 e. The topological polar surface area (TPSA) is 79.6 Å². The highest BCUT2D eigenvalue weighted by Gasteiger charge is 2.31. The number of hydrogen-bond acceptors (Lipinski definition) is 5.